The third kappa shape index (κ3) is 3.47. The minimum absolute atomic E-state index is 0.173. The van der Waals surface area contributed by atoms with Gasteiger partial charge in [0.25, 0.3) is 5.91 Å². The predicted molar refractivity (Wildman–Crippen MR) is 74.0 cm³/mol. The molecule has 1 N–H and O–H groups in total. The first-order valence-electron chi connectivity index (χ1n) is 6.74. The van der Waals surface area contributed by atoms with Gasteiger partial charge in [-0.25, -0.2) is 0 Å². The summed E-state index contributed by atoms with van der Waals surface area (Å²) in [6, 6.07) is 5.99. The lowest BCUT2D eigenvalue weighted by Gasteiger charge is -2.22. The Morgan fingerprint density at radius 3 is 2.79 bits per heavy atom. The first kappa shape index (κ1) is 13.4. The SMILES string of the molecule is Cn1cccc1/C=C(\C#N)C(=O)NC1CCCCC1. The number of amides is 1. The molecule has 0 aliphatic heterocycles. The summed E-state index contributed by atoms with van der Waals surface area (Å²) in [5.41, 5.74) is 1.03. The van der Waals surface area contributed by atoms with E-state index in [0.717, 1.165) is 31.4 Å². The van der Waals surface area contributed by atoms with E-state index in [4.69, 9.17) is 5.26 Å². The molecule has 1 heterocycles. The van der Waals surface area contributed by atoms with Gasteiger partial charge < -0.3 is 9.88 Å². The molecule has 19 heavy (non-hydrogen) atoms. The number of nitriles is 1. The van der Waals surface area contributed by atoms with Crippen molar-refractivity contribution in [2.75, 3.05) is 0 Å². The van der Waals surface area contributed by atoms with Gasteiger partial charge in [-0.05, 0) is 31.1 Å². The molecule has 0 atom stereocenters. The van der Waals surface area contributed by atoms with Gasteiger partial charge in [-0.15, -0.1) is 0 Å². The molecule has 0 saturated heterocycles. The summed E-state index contributed by atoms with van der Waals surface area (Å²) in [7, 11) is 1.89. The Hall–Kier alpha value is -2.02. The van der Waals surface area contributed by atoms with Crippen LogP contribution in [-0.2, 0) is 11.8 Å². The number of nitrogens with zero attached hydrogens (tertiary/aromatic N) is 2. The van der Waals surface area contributed by atoms with Crippen LogP contribution < -0.4 is 5.32 Å². The van der Waals surface area contributed by atoms with E-state index in [1.165, 1.54) is 6.42 Å². The van der Waals surface area contributed by atoms with Gasteiger partial charge in [-0.2, -0.15) is 5.26 Å². The van der Waals surface area contributed by atoms with Crippen LogP contribution in [0.3, 0.4) is 0 Å². The van der Waals surface area contributed by atoms with E-state index in [2.05, 4.69) is 5.32 Å². The van der Waals surface area contributed by atoms with Crippen LogP contribution in [-0.4, -0.2) is 16.5 Å². The molecule has 0 unspecified atom stereocenters. The number of aryl methyl sites for hydroxylation is 1. The second kappa shape index (κ2) is 6.24. The first-order valence-corrected chi connectivity index (χ1v) is 6.74. The highest BCUT2D eigenvalue weighted by Crippen LogP contribution is 2.18. The molecule has 1 amide bonds. The van der Waals surface area contributed by atoms with Crippen molar-refractivity contribution in [3.63, 3.8) is 0 Å². The molecular weight excluding hydrogens is 238 g/mol. The van der Waals surface area contributed by atoms with Crippen LogP contribution >= 0.6 is 0 Å². The van der Waals surface area contributed by atoms with E-state index in [1.807, 2.05) is 36.0 Å². The summed E-state index contributed by atoms with van der Waals surface area (Å²) in [5, 5.41) is 12.1. The fourth-order valence-electron chi connectivity index (χ4n) is 2.43. The highest BCUT2D eigenvalue weighted by atomic mass is 16.1. The van der Waals surface area contributed by atoms with Gasteiger partial charge in [0.1, 0.15) is 11.6 Å². The van der Waals surface area contributed by atoms with Crippen molar-refractivity contribution < 1.29 is 4.79 Å². The van der Waals surface area contributed by atoms with Crippen LogP contribution in [0.15, 0.2) is 23.9 Å². The van der Waals surface area contributed by atoms with Gasteiger partial charge in [-0.3, -0.25) is 4.79 Å². The number of aromatic nitrogens is 1. The number of carbonyl (C=O) groups is 1. The van der Waals surface area contributed by atoms with E-state index >= 15 is 0 Å². The lowest BCUT2D eigenvalue weighted by atomic mass is 9.95. The monoisotopic (exact) mass is 257 g/mol. The topological polar surface area (TPSA) is 57.8 Å². The predicted octanol–water partition coefficient (Wildman–Crippen LogP) is 2.38. The number of rotatable bonds is 3. The Kier molecular flexibility index (Phi) is 4.40. The lowest BCUT2D eigenvalue weighted by molar-refractivity contribution is -0.117. The Balaban J connectivity index is 2.05. The molecular formula is C15H19N3O. The second-order valence-electron chi connectivity index (χ2n) is 5.02. The Morgan fingerprint density at radius 2 is 2.21 bits per heavy atom. The summed E-state index contributed by atoms with van der Waals surface area (Å²) in [5.74, 6) is -0.254. The number of carbonyl (C=O) groups excluding carboxylic acids is 1. The van der Waals surface area contributed by atoms with E-state index < -0.39 is 0 Å². The van der Waals surface area contributed by atoms with Gasteiger partial charge in [-0.1, -0.05) is 19.3 Å². The number of hydrogen-bond donors (Lipinski definition) is 1. The smallest absolute Gasteiger partial charge is 0.262 e. The summed E-state index contributed by atoms with van der Waals surface area (Å²) in [6.07, 6.45) is 9.14. The van der Waals surface area contributed by atoms with Gasteiger partial charge in [0.15, 0.2) is 0 Å². The van der Waals surface area contributed by atoms with Crippen LogP contribution in [0.5, 0.6) is 0 Å². The molecule has 0 spiro atoms. The van der Waals surface area contributed by atoms with Crippen molar-refractivity contribution in [3.8, 4) is 6.07 Å². The lowest BCUT2D eigenvalue weighted by Crippen LogP contribution is -2.36. The average Bonchev–Trinajstić information content (AvgIpc) is 2.82. The highest BCUT2D eigenvalue weighted by Gasteiger charge is 2.18. The normalized spacial score (nSPS) is 16.9. The fraction of sp³-hybridized carbons (Fsp3) is 0.467. The molecule has 0 radical (unpaired) electrons. The number of hydrogen-bond acceptors (Lipinski definition) is 2. The third-order valence-corrected chi connectivity index (χ3v) is 3.58. The zero-order valence-corrected chi connectivity index (χ0v) is 11.2. The summed E-state index contributed by atoms with van der Waals surface area (Å²) < 4.78 is 1.88. The van der Waals surface area contributed by atoms with Gasteiger partial charge in [0, 0.05) is 25.0 Å². The molecule has 0 bridgehead atoms. The molecule has 1 aliphatic carbocycles. The van der Waals surface area contributed by atoms with Crippen molar-refractivity contribution in [2.45, 2.75) is 38.1 Å². The van der Waals surface area contributed by atoms with E-state index in [1.54, 1.807) is 6.08 Å². The average molecular weight is 257 g/mol. The second-order valence-corrected chi connectivity index (χ2v) is 5.02. The zero-order chi connectivity index (χ0) is 13.7. The largest absolute Gasteiger partial charge is 0.351 e. The van der Waals surface area contributed by atoms with Crippen LogP contribution in [0.25, 0.3) is 6.08 Å². The minimum Gasteiger partial charge on any atom is -0.351 e. The summed E-state index contributed by atoms with van der Waals surface area (Å²) in [6.45, 7) is 0. The molecule has 2 rings (SSSR count). The van der Waals surface area contributed by atoms with E-state index in [-0.39, 0.29) is 17.5 Å². The molecule has 1 aromatic heterocycles. The van der Waals surface area contributed by atoms with E-state index in [9.17, 15) is 4.79 Å². The Bertz CT molecular complexity index is 516. The van der Waals surface area contributed by atoms with Crippen LogP contribution in [0.1, 0.15) is 37.8 Å². The maximum Gasteiger partial charge on any atom is 0.262 e. The fourth-order valence-corrected chi connectivity index (χ4v) is 2.43. The first-order chi connectivity index (χ1) is 9.20. The molecule has 100 valence electrons. The third-order valence-electron chi connectivity index (χ3n) is 3.58. The van der Waals surface area contributed by atoms with E-state index in [0.29, 0.717) is 0 Å². The molecule has 1 aliphatic rings. The summed E-state index contributed by atoms with van der Waals surface area (Å²) >= 11 is 0. The minimum atomic E-state index is -0.254. The highest BCUT2D eigenvalue weighted by molar-refractivity contribution is 6.01. The van der Waals surface area contributed by atoms with Crippen molar-refractivity contribution in [1.29, 1.82) is 5.26 Å². The van der Waals surface area contributed by atoms with Gasteiger partial charge in [0.05, 0.1) is 0 Å². The van der Waals surface area contributed by atoms with Crippen LogP contribution in [0.4, 0.5) is 0 Å². The molecule has 1 aromatic rings. The molecule has 1 fully saturated rings. The number of nitrogens with one attached hydrogen (secondary N) is 1. The zero-order valence-electron chi connectivity index (χ0n) is 11.2. The maximum atomic E-state index is 12.1. The molecule has 4 heteroatoms. The standard InChI is InChI=1S/C15H19N3O/c1-18-9-5-8-14(18)10-12(11-16)15(19)17-13-6-3-2-4-7-13/h5,8-10,13H,2-4,6-7H2,1H3,(H,17,19)/b12-10+. The molecule has 4 nitrogen and oxygen atoms in total. The molecule has 0 aromatic carbocycles. The maximum absolute atomic E-state index is 12.1. The Morgan fingerprint density at radius 1 is 1.47 bits per heavy atom. The van der Waals surface area contributed by atoms with Gasteiger partial charge >= 0.3 is 0 Å². The van der Waals surface area contributed by atoms with Crippen molar-refractivity contribution in [1.82, 2.24) is 9.88 Å². The van der Waals surface area contributed by atoms with Gasteiger partial charge in [0.2, 0.25) is 0 Å². The van der Waals surface area contributed by atoms with Crippen molar-refractivity contribution in [3.05, 3.63) is 29.6 Å². The Labute approximate surface area is 113 Å². The van der Waals surface area contributed by atoms with Crippen LogP contribution in [0.2, 0.25) is 0 Å². The quantitative estimate of drug-likeness (QED) is 0.667. The van der Waals surface area contributed by atoms with Crippen LogP contribution in [0, 0.1) is 11.3 Å². The van der Waals surface area contributed by atoms with Crippen molar-refractivity contribution in [2.24, 2.45) is 7.05 Å². The summed E-state index contributed by atoms with van der Waals surface area (Å²) in [4.78, 5) is 12.1. The van der Waals surface area contributed by atoms with Crippen molar-refractivity contribution >= 4 is 12.0 Å². The molecule has 1 saturated carbocycles.